The van der Waals surface area contributed by atoms with Crippen molar-refractivity contribution in [1.82, 2.24) is 5.32 Å². The highest BCUT2D eigenvalue weighted by atomic mass is 35.5. The van der Waals surface area contributed by atoms with Gasteiger partial charge in [0.1, 0.15) is 5.75 Å². The van der Waals surface area contributed by atoms with Gasteiger partial charge >= 0.3 is 0 Å². The van der Waals surface area contributed by atoms with Gasteiger partial charge < -0.3 is 15.8 Å². The van der Waals surface area contributed by atoms with Crippen LogP contribution >= 0.6 is 12.4 Å². The molecule has 0 aromatic heterocycles. The predicted octanol–water partition coefficient (Wildman–Crippen LogP) is 2.37. The van der Waals surface area contributed by atoms with Gasteiger partial charge in [0.25, 0.3) is 0 Å². The fourth-order valence-electron chi connectivity index (χ4n) is 1.51. The second kappa shape index (κ2) is 8.82. The number of hydrogen-bond acceptors (Lipinski definition) is 3. The van der Waals surface area contributed by atoms with Crippen molar-refractivity contribution in [3.05, 3.63) is 30.3 Å². The Morgan fingerprint density at radius 3 is 2.50 bits per heavy atom. The molecule has 0 aliphatic carbocycles. The number of carbonyl (C=O) groups is 1. The molecule has 1 aromatic rings. The van der Waals surface area contributed by atoms with E-state index in [0.29, 0.717) is 19.6 Å². The molecule has 4 nitrogen and oxygen atoms in total. The van der Waals surface area contributed by atoms with Gasteiger partial charge in [0.15, 0.2) is 0 Å². The van der Waals surface area contributed by atoms with Crippen LogP contribution in [0.4, 0.5) is 0 Å². The maximum absolute atomic E-state index is 11.9. The number of nitrogens with one attached hydrogen (secondary N) is 1. The van der Waals surface area contributed by atoms with E-state index < -0.39 is 0 Å². The maximum atomic E-state index is 11.9. The molecule has 1 amide bonds. The van der Waals surface area contributed by atoms with Crippen LogP contribution in [0.1, 0.15) is 27.2 Å². The number of amides is 1. The molecule has 1 aromatic carbocycles. The van der Waals surface area contributed by atoms with E-state index >= 15 is 0 Å². The molecule has 0 fully saturated rings. The number of hydrogen-bond donors (Lipinski definition) is 2. The molecule has 0 aliphatic heterocycles. The number of carbonyl (C=O) groups excluding carboxylic acids is 1. The lowest BCUT2D eigenvalue weighted by Gasteiger charge is -2.26. The number of nitrogens with two attached hydrogens (primary N) is 1. The summed E-state index contributed by atoms with van der Waals surface area (Å²) in [7, 11) is 0. The second-order valence-corrected chi connectivity index (χ2v) is 5.43. The van der Waals surface area contributed by atoms with E-state index in [0.717, 1.165) is 5.75 Å². The zero-order valence-corrected chi connectivity index (χ0v) is 13.2. The quantitative estimate of drug-likeness (QED) is 0.812. The van der Waals surface area contributed by atoms with Crippen LogP contribution in [0.3, 0.4) is 0 Å². The summed E-state index contributed by atoms with van der Waals surface area (Å²) in [6, 6.07) is 9.60. The van der Waals surface area contributed by atoms with Gasteiger partial charge in [-0.05, 0) is 32.4 Å². The molecule has 20 heavy (non-hydrogen) atoms. The van der Waals surface area contributed by atoms with Crippen LogP contribution in [0, 0.1) is 5.92 Å². The van der Waals surface area contributed by atoms with Gasteiger partial charge in [-0.25, -0.2) is 0 Å². The average molecular weight is 301 g/mol. The SMILES string of the molecule is CC(CCOc1ccccc1)C(=O)NC(C)(C)CN.Cl. The topological polar surface area (TPSA) is 64.3 Å². The van der Waals surface area contributed by atoms with Crippen molar-refractivity contribution in [2.24, 2.45) is 11.7 Å². The van der Waals surface area contributed by atoms with Gasteiger partial charge in [-0.2, -0.15) is 0 Å². The minimum absolute atomic E-state index is 0. The Morgan fingerprint density at radius 1 is 1.35 bits per heavy atom. The van der Waals surface area contributed by atoms with Crippen molar-refractivity contribution < 1.29 is 9.53 Å². The summed E-state index contributed by atoms with van der Waals surface area (Å²) in [5, 5.41) is 2.93. The Bertz CT molecular complexity index is 396. The summed E-state index contributed by atoms with van der Waals surface area (Å²) in [5.41, 5.74) is 5.24. The fraction of sp³-hybridized carbons (Fsp3) is 0.533. The number of para-hydroxylation sites is 1. The first-order chi connectivity index (χ1) is 8.94. The Hall–Kier alpha value is -1.26. The van der Waals surface area contributed by atoms with Gasteiger partial charge in [0, 0.05) is 18.0 Å². The Morgan fingerprint density at radius 2 is 1.95 bits per heavy atom. The molecule has 1 atom stereocenters. The summed E-state index contributed by atoms with van der Waals surface area (Å²) in [4.78, 5) is 11.9. The fourth-order valence-corrected chi connectivity index (χ4v) is 1.51. The van der Waals surface area contributed by atoms with Crippen LogP contribution in [0.2, 0.25) is 0 Å². The first-order valence-corrected chi connectivity index (χ1v) is 6.64. The van der Waals surface area contributed by atoms with Gasteiger partial charge in [-0.3, -0.25) is 4.79 Å². The van der Waals surface area contributed by atoms with Gasteiger partial charge in [-0.1, -0.05) is 25.1 Å². The molecular weight excluding hydrogens is 276 g/mol. The van der Waals surface area contributed by atoms with E-state index in [-0.39, 0.29) is 29.8 Å². The third-order valence-corrected chi connectivity index (χ3v) is 2.98. The van der Waals surface area contributed by atoms with Crippen LogP contribution in [0.25, 0.3) is 0 Å². The maximum Gasteiger partial charge on any atom is 0.223 e. The molecule has 1 unspecified atom stereocenters. The summed E-state index contributed by atoms with van der Waals surface area (Å²) >= 11 is 0. The lowest BCUT2D eigenvalue weighted by molar-refractivity contribution is -0.126. The predicted molar refractivity (Wildman–Crippen MR) is 84.2 cm³/mol. The molecule has 0 saturated heterocycles. The minimum atomic E-state index is -0.356. The van der Waals surface area contributed by atoms with Crippen LogP contribution in [-0.4, -0.2) is 24.6 Å². The Balaban J connectivity index is 0.00000361. The second-order valence-electron chi connectivity index (χ2n) is 5.43. The van der Waals surface area contributed by atoms with Gasteiger partial charge in [-0.15, -0.1) is 12.4 Å². The number of rotatable bonds is 7. The smallest absolute Gasteiger partial charge is 0.223 e. The molecule has 0 bridgehead atoms. The number of halogens is 1. The Labute approximate surface area is 127 Å². The highest BCUT2D eigenvalue weighted by molar-refractivity contribution is 5.85. The molecule has 1 rings (SSSR count). The van der Waals surface area contributed by atoms with Crippen LogP contribution in [-0.2, 0) is 4.79 Å². The molecule has 3 N–H and O–H groups in total. The van der Waals surface area contributed by atoms with E-state index in [1.54, 1.807) is 0 Å². The van der Waals surface area contributed by atoms with E-state index in [1.165, 1.54) is 0 Å². The summed E-state index contributed by atoms with van der Waals surface area (Å²) in [5.74, 6) is 0.763. The van der Waals surface area contributed by atoms with E-state index in [4.69, 9.17) is 10.5 Å². The third kappa shape index (κ3) is 6.78. The van der Waals surface area contributed by atoms with Crippen molar-refractivity contribution in [1.29, 1.82) is 0 Å². The zero-order valence-electron chi connectivity index (χ0n) is 12.4. The molecule has 0 radical (unpaired) electrons. The lowest BCUT2D eigenvalue weighted by Crippen LogP contribution is -2.50. The van der Waals surface area contributed by atoms with E-state index in [9.17, 15) is 4.79 Å². The summed E-state index contributed by atoms with van der Waals surface area (Å²) < 4.78 is 5.58. The largest absolute Gasteiger partial charge is 0.494 e. The van der Waals surface area contributed by atoms with Crippen molar-refractivity contribution in [2.75, 3.05) is 13.2 Å². The molecular formula is C15H25ClN2O2. The molecule has 5 heteroatoms. The van der Waals surface area contributed by atoms with Crippen molar-refractivity contribution in [2.45, 2.75) is 32.7 Å². The number of benzene rings is 1. The first-order valence-electron chi connectivity index (χ1n) is 6.64. The summed E-state index contributed by atoms with van der Waals surface area (Å²) in [6.07, 6.45) is 0.682. The molecule has 0 heterocycles. The monoisotopic (exact) mass is 300 g/mol. The normalized spacial score (nSPS) is 12.2. The molecule has 0 saturated carbocycles. The van der Waals surface area contributed by atoms with E-state index in [1.807, 2.05) is 51.1 Å². The molecule has 114 valence electrons. The van der Waals surface area contributed by atoms with Crippen molar-refractivity contribution in [3.63, 3.8) is 0 Å². The van der Waals surface area contributed by atoms with Gasteiger partial charge in [0.05, 0.1) is 6.61 Å². The standard InChI is InChI=1S/C15H24N2O2.ClH/c1-12(14(18)17-15(2,3)11-16)9-10-19-13-7-5-4-6-8-13;/h4-8,12H,9-11,16H2,1-3H3,(H,17,18);1H. The average Bonchev–Trinajstić information content (AvgIpc) is 2.39. The number of ether oxygens (including phenoxy) is 1. The first kappa shape index (κ1) is 18.7. The highest BCUT2D eigenvalue weighted by Gasteiger charge is 2.21. The van der Waals surface area contributed by atoms with Gasteiger partial charge in [0.2, 0.25) is 5.91 Å². The summed E-state index contributed by atoms with van der Waals surface area (Å²) in [6.45, 7) is 6.68. The van der Waals surface area contributed by atoms with Crippen molar-refractivity contribution >= 4 is 18.3 Å². The van der Waals surface area contributed by atoms with Crippen LogP contribution in [0.5, 0.6) is 5.75 Å². The molecule has 0 spiro atoms. The van der Waals surface area contributed by atoms with Crippen LogP contribution in [0.15, 0.2) is 30.3 Å². The Kier molecular flexibility index (Phi) is 8.26. The zero-order chi connectivity index (χ0) is 14.3. The van der Waals surface area contributed by atoms with Crippen LogP contribution < -0.4 is 15.8 Å². The minimum Gasteiger partial charge on any atom is -0.494 e. The molecule has 0 aliphatic rings. The van der Waals surface area contributed by atoms with Crippen molar-refractivity contribution in [3.8, 4) is 5.75 Å². The highest BCUT2D eigenvalue weighted by Crippen LogP contribution is 2.11. The third-order valence-electron chi connectivity index (χ3n) is 2.98. The van der Waals surface area contributed by atoms with E-state index in [2.05, 4.69) is 5.32 Å². The lowest BCUT2D eigenvalue weighted by atomic mass is 10.0.